The second-order valence-corrected chi connectivity index (χ2v) is 8.24. The molecule has 3 nitrogen and oxygen atoms in total. The maximum atomic E-state index is 12.9. The fourth-order valence-corrected chi connectivity index (χ4v) is 4.26. The van der Waals surface area contributed by atoms with Gasteiger partial charge in [0.2, 0.25) is 0 Å². The first-order chi connectivity index (χ1) is 14.2. The van der Waals surface area contributed by atoms with E-state index in [2.05, 4.69) is 0 Å². The van der Waals surface area contributed by atoms with Gasteiger partial charge in [-0.15, -0.1) is 0 Å². The van der Waals surface area contributed by atoms with E-state index in [0.717, 1.165) is 22.4 Å². The summed E-state index contributed by atoms with van der Waals surface area (Å²) in [5, 5.41) is 0. The number of hydrogen-bond donors (Lipinski definition) is 0. The molecule has 0 radical (unpaired) electrons. The zero-order chi connectivity index (χ0) is 20.1. The van der Waals surface area contributed by atoms with E-state index in [4.69, 9.17) is 17.0 Å². The van der Waals surface area contributed by atoms with Crippen LogP contribution in [0.1, 0.15) is 16.7 Å². The first kappa shape index (κ1) is 19.4. The first-order valence-electron chi connectivity index (χ1n) is 9.26. The van der Waals surface area contributed by atoms with Crippen LogP contribution in [0.4, 0.5) is 0 Å². The summed E-state index contributed by atoms with van der Waals surface area (Å²) in [5.41, 5.74) is 3.01. The molecule has 144 valence electrons. The number of carbonyl (C=O) groups is 1. The molecule has 0 unspecified atom stereocenters. The lowest BCUT2D eigenvalue weighted by atomic mass is 10.1. The number of ether oxygens (including phenoxy) is 1. The Morgan fingerprint density at radius 1 is 0.862 bits per heavy atom. The van der Waals surface area contributed by atoms with Gasteiger partial charge in [0.25, 0.3) is 5.91 Å². The standard InChI is InChI=1S/C24H19NO2S2/c26-23-22(29-24(28)25(23)16-18-9-3-1-4-10-18)15-20-13-7-8-14-21(20)27-17-19-11-5-2-6-12-19/h1-15H,16-17H2. The zero-order valence-electron chi connectivity index (χ0n) is 15.7. The highest BCUT2D eigenvalue weighted by molar-refractivity contribution is 8.26. The molecule has 3 aromatic carbocycles. The van der Waals surface area contributed by atoms with Gasteiger partial charge in [0, 0.05) is 5.56 Å². The average molecular weight is 418 g/mol. The predicted octanol–water partition coefficient (Wildman–Crippen LogP) is 5.67. The monoisotopic (exact) mass is 417 g/mol. The summed E-state index contributed by atoms with van der Waals surface area (Å²) in [6, 6.07) is 27.6. The minimum atomic E-state index is -0.0679. The van der Waals surface area contributed by atoms with Crippen molar-refractivity contribution < 1.29 is 9.53 Å². The molecule has 1 heterocycles. The van der Waals surface area contributed by atoms with Gasteiger partial charge in [-0.05, 0) is 23.3 Å². The fraction of sp³-hybridized carbons (Fsp3) is 0.0833. The Hall–Kier alpha value is -2.89. The van der Waals surface area contributed by atoms with Crippen molar-refractivity contribution in [2.75, 3.05) is 0 Å². The Labute approximate surface area is 180 Å². The molecule has 5 heteroatoms. The molecule has 1 aliphatic rings. The fourth-order valence-electron chi connectivity index (χ4n) is 3.01. The van der Waals surface area contributed by atoms with Gasteiger partial charge >= 0.3 is 0 Å². The topological polar surface area (TPSA) is 29.5 Å². The van der Waals surface area contributed by atoms with Gasteiger partial charge in [0.05, 0.1) is 11.4 Å². The van der Waals surface area contributed by atoms with Crippen LogP contribution in [0.5, 0.6) is 5.75 Å². The molecule has 1 saturated heterocycles. The van der Waals surface area contributed by atoms with Crippen molar-refractivity contribution >= 4 is 40.3 Å². The quantitative estimate of drug-likeness (QED) is 0.382. The number of thiocarbonyl (C=S) groups is 1. The van der Waals surface area contributed by atoms with Crippen LogP contribution in [0.25, 0.3) is 6.08 Å². The number of thioether (sulfide) groups is 1. The van der Waals surface area contributed by atoms with Crippen LogP contribution in [0, 0.1) is 0 Å². The summed E-state index contributed by atoms with van der Waals surface area (Å²) in [6.45, 7) is 0.954. The predicted molar refractivity (Wildman–Crippen MR) is 122 cm³/mol. The highest BCUT2D eigenvalue weighted by Crippen LogP contribution is 2.35. The molecule has 0 saturated carbocycles. The van der Waals surface area contributed by atoms with E-state index in [0.29, 0.717) is 22.4 Å². The number of para-hydroxylation sites is 1. The van der Waals surface area contributed by atoms with Gasteiger partial charge in [-0.1, -0.05) is 103 Å². The van der Waals surface area contributed by atoms with Crippen molar-refractivity contribution in [2.45, 2.75) is 13.2 Å². The number of rotatable bonds is 6. The van der Waals surface area contributed by atoms with Crippen LogP contribution < -0.4 is 4.74 Å². The Morgan fingerprint density at radius 2 is 1.48 bits per heavy atom. The van der Waals surface area contributed by atoms with Crippen LogP contribution in [0.2, 0.25) is 0 Å². The first-order valence-corrected chi connectivity index (χ1v) is 10.5. The van der Waals surface area contributed by atoms with E-state index in [9.17, 15) is 4.79 Å². The normalized spacial score (nSPS) is 15.2. The van der Waals surface area contributed by atoms with Crippen molar-refractivity contribution in [1.82, 2.24) is 4.90 Å². The highest BCUT2D eigenvalue weighted by Gasteiger charge is 2.32. The van der Waals surface area contributed by atoms with Gasteiger partial charge in [-0.25, -0.2) is 0 Å². The largest absolute Gasteiger partial charge is 0.488 e. The van der Waals surface area contributed by atoms with Crippen LogP contribution in [-0.2, 0) is 17.9 Å². The molecule has 0 aliphatic carbocycles. The van der Waals surface area contributed by atoms with E-state index in [1.165, 1.54) is 11.8 Å². The summed E-state index contributed by atoms with van der Waals surface area (Å²) in [6.07, 6.45) is 1.87. The molecule has 0 spiro atoms. The number of nitrogens with zero attached hydrogens (tertiary/aromatic N) is 1. The molecular weight excluding hydrogens is 398 g/mol. The number of hydrogen-bond acceptors (Lipinski definition) is 4. The summed E-state index contributed by atoms with van der Waals surface area (Å²) in [5.74, 6) is 0.673. The Bertz CT molecular complexity index is 1050. The third kappa shape index (κ3) is 4.75. The van der Waals surface area contributed by atoms with Crippen molar-refractivity contribution in [3.63, 3.8) is 0 Å². The average Bonchev–Trinajstić information content (AvgIpc) is 3.02. The van der Waals surface area contributed by atoms with Crippen LogP contribution in [0.15, 0.2) is 89.8 Å². The molecule has 1 aliphatic heterocycles. The molecule has 0 atom stereocenters. The molecule has 1 amide bonds. The van der Waals surface area contributed by atoms with Crippen molar-refractivity contribution in [1.29, 1.82) is 0 Å². The lowest BCUT2D eigenvalue weighted by molar-refractivity contribution is -0.122. The molecule has 0 aromatic heterocycles. The summed E-state index contributed by atoms with van der Waals surface area (Å²) in [7, 11) is 0. The van der Waals surface area contributed by atoms with Gasteiger partial charge in [-0.3, -0.25) is 9.69 Å². The van der Waals surface area contributed by atoms with Gasteiger partial charge in [0.15, 0.2) is 0 Å². The van der Waals surface area contributed by atoms with Crippen molar-refractivity contribution in [2.24, 2.45) is 0 Å². The van der Waals surface area contributed by atoms with Crippen molar-refractivity contribution in [3.05, 3.63) is 107 Å². The molecule has 29 heavy (non-hydrogen) atoms. The van der Waals surface area contributed by atoms with E-state index >= 15 is 0 Å². The smallest absolute Gasteiger partial charge is 0.266 e. The maximum absolute atomic E-state index is 12.9. The summed E-state index contributed by atoms with van der Waals surface area (Å²) in [4.78, 5) is 15.2. The van der Waals surface area contributed by atoms with Crippen molar-refractivity contribution in [3.8, 4) is 5.75 Å². The Balaban J connectivity index is 1.52. The maximum Gasteiger partial charge on any atom is 0.266 e. The zero-order valence-corrected chi connectivity index (χ0v) is 17.3. The number of benzene rings is 3. The van der Waals surface area contributed by atoms with Crippen LogP contribution in [0.3, 0.4) is 0 Å². The molecule has 3 aromatic rings. The lowest BCUT2D eigenvalue weighted by Gasteiger charge is -2.14. The third-order valence-electron chi connectivity index (χ3n) is 4.50. The summed E-state index contributed by atoms with van der Waals surface area (Å²) >= 11 is 6.79. The van der Waals surface area contributed by atoms with Gasteiger partial charge < -0.3 is 4.74 Å². The molecule has 1 fully saturated rings. The Kier molecular flexibility index (Phi) is 6.08. The molecular formula is C24H19NO2S2. The summed E-state index contributed by atoms with van der Waals surface area (Å²) < 4.78 is 6.58. The molecule has 4 rings (SSSR count). The third-order valence-corrected chi connectivity index (χ3v) is 5.88. The van der Waals surface area contributed by atoms with E-state index in [1.807, 2.05) is 91.0 Å². The molecule has 0 N–H and O–H groups in total. The van der Waals surface area contributed by atoms with E-state index in [1.54, 1.807) is 4.90 Å². The number of carbonyl (C=O) groups excluding carboxylic acids is 1. The lowest BCUT2D eigenvalue weighted by Crippen LogP contribution is -2.27. The van der Waals surface area contributed by atoms with Crippen LogP contribution >= 0.6 is 24.0 Å². The SMILES string of the molecule is O=C1C(=Cc2ccccc2OCc2ccccc2)SC(=S)N1Cc1ccccc1. The van der Waals surface area contributed by atoms with Gasteiger partial charge in [0.1, 0.15) is 16.7 Å². The highest BCUT2D eigenvalue weighted by atomic mass is 32.2. The van der Waals surface area contributed by atoms with E-state index < -0.39 is 0 Å². The second-order valence-electron chi connectivity index (χ2n) is 6.57. The molecule has 0 bridgehead atoms. The minimum absolute atomic E-state index is 0.0679. The Morgan fingerprint density at radius 3 is 2.21 bits per heavy atom. The number of amides is 1. The second kappa shape index (κ2) is 9.07. The van der Waals surface area contributed by atoms with Crippen LogP contribution in [-0.4, -0.2) is 15.1 Å². The van der Waals surface area contributed by atoms with E-state index in [-0.39, 0.29) is 5.91 Å². The minimum Gasteiger partial charge on any atom is -0.488 e. The van der Waals surface area contributed by atoms with Gasteiger partial charge in [-0.2, -0.15) is 0 Å².